The fourth-order valence-electron chi connectivity index (χ4n) is 8.62. The highest BCUT2D eigenvalue weighted by molar-refractivity contribution is 5.91. The van der Waals surface area contributed by atoms with Gasteiger partial charge in [0.1, 0.15) is 0 Å². The molecule has 4 rings (SSSR count). The van der Waals surface area contributed by atoms with Crippen LogP contribution in [0.4, 0.5) is 11.4 Å². The van der Waals surface area contributed by atoms with Crippen LogP contribution in [0.1, 0.15) is 127 Å². The van der Waals surface area contributed by atoms with Crippen LogP contribution in [0.2, 0.25) is 0 Å². The summed E-state index contributed by atoms with van der Waals surface area (Å²) < 4.78 is 0. The molecule has 0 bridgehead atoms. The van der Waals surface area contributed by atoms with Crippen LogP contribution in [0.25, 0.3) is 0 Å². The SMILES string of the molecule is CC1(C)CC(N(CCCCCCN(c2ccccc2C=O)c2ccccc2C=O)C2CC(C)(C)NC(C)(C)C2)CC(C)(C)N1. The van der Waals surface area contributed by atoms with Crippen molar-refractivity contribution in [3.63, 3.8) is 0 Å². The first-order chi connectivity index (χ1) is 20.6. The standard InChI is InChI=1S/C38H58N4O2/c1-35(2)23-31(24-36(3,4)39-35)41(32-25-37(5,6)40-38(7,8)26-32)21-15-9-10-16-22-42(33-19-13-11-17-29(33)27-43)34-20-14-12-18-30(34)28-44/h11-14,17-20,27-28,31-32,39-40H,9-10,15-16,21-26H2,1-8H3. The van der Waals surface area contributed by atoms with E-state index in [1.54, 1.807) is 0 Å². The number of carbonyl (C=O) groups is 2. The zero-order chi connectivity index (χ0) is 32.2. The van der Waals surface area contributed by atoms with Crippen LogP contribution >= 0.6 is 0 Å². The van der Waals surface area contributed by atoms with Crippen LogP contribution in [0.3, 0.4) is 0 Å². The predicted octanol–water partition coefficient (Wildman–Crippen LogP) is 7.93. The Hall–Kier alpha value is -2.54. The van der Waals surface area contributed by atoms with Crippen molar-refractivity contribution in [3.8, 4) is 0 Å². The molecule has 0 saturated carbocycles. The number of para-hydroxylation sites is 2. The number of piperidine rings is 2. The van der Waals surface area contributed by atoms with E-state index < -0.39 is 0 Å². The topological polar surface area (TPSA) is 64.7 Å². The number of benzene rings is 2. The van der Waals surface area contributed by atoms with Crippen LogP contribution in [-0.2, 0) is 0 Å². The van der Waals surface area contributed by atoms with E-state index in [-0.39, 0.29) is 22.2 Å². The van der Waals surface area contributed by atoms with E-state index in [9.17, 15) is 9.59 Å². The van der Waals surface area contributed by atoms with Crippen molar-refractivity contribution in [1.82, 2.24) is 15.5 Å². The van der Waals surface area contributed by atoms with E-state index >= 15 is 0 Å². The van der Waals surface area contributed by atoms with Gasteiger partial charge in [-0.1, -0.05) is 37.1 Å². The molecule has 6 nitrogen and oxygen atoms in total. The van der Waals surface area contributed by atoms with Gasteiger partial charge in [0.25, 0.3) is 0 Å². The molecule has 0 unspecified atom stereocenters. The molecule has 0 aromatic heterocycles. The zero-order valence-electron chi connectivity index (χ0n) is 28.7. The first-order valence-corrected chi connectivity index (χ1v) is 16.8. The number of aldehydes is 2. The molecule has 2 aliphatic rings. The van der Waals surface area contributed by atoms with Gasteiger partial charge in [0.05, 0.1) is 11.4 Å². The number of hydrogen-bond acceptors (Lipinski definition) is 6. The Morgan fingerprint density at radius 1 is 0.591 bits per heavy atom. The van der Waals surface area contributed by atoms with Crippen molar-refractivity contribution in [1.29, 1.82) is 0 Å². The minimum atomic E-state index is 0.113. The normalized spacial score (nSPS) is 21.2. The van der Waals surface area contributed by atoms with Gasteiger partial charge in [-0.15, -0.1) is 0 Å². The lowest BCUT2D eigenvalue weighted by Crippen LogP contribution is -2.67. The van der Waals surface area contributed by atoms with Gasteiger partial charge in [0.15, 0.2) is 12.6 Å². The Morgan fingerprint density at radius 3 is 1.34 bits per heavy atom. The summed E-state index contributed by atoms with van der Waals surface area (Å²) in [5.41, 5.74) is 3.45. The number of hydrogen-bond donors (Lipinski definition) is 2. The van der Waals surface area contributed by atoms with Gasteiger partial charge in [-0.25, -0.2) is 0 Å². The Morgan fingerprint density at radius 2 is 0.955 bits per heavy atom. The molecule has 242 valence electrons. The van der Waals surface area contributed by atoms with E-state index in [4.69, 9.17) is 0 Å². The molecule has 0 spiro atoms. The second-order valence-electron chi connectivity index (χ2n) is 16.1. The van der Waals surface area contributed by atoms with Crippen LogP contribution in [0.15, 0.2) is 48.5 Å². The van der Waals surface area contributed by atoms with Crippen molar-refractivity contribution in [3.05, 3.63) is 59.7 Å². The van der Waals surface area contributed by atoms with Crippen molar-refractivity contribution in [2.75, 3.05) is 18.0 Å². The molecule has 0 amide bonds. The van der Waals surface area contributed by atoms with Crippen molar-refractivity contribution < 1.29 is 9.59 Å². The molecule has 2 aromatic carbocycles. The average molecular weight is 603 g/mol. The maximum atomic E-state index is 11.9. The molecule has 0 aliphatic carbocycles. The lowest BCUT2D eigenvalue weighted by molar-refractivity contribution is -0.00297. The Labute approximate surface area is 267 Å². The first kappa shape index (κ1) is 34.3. The lowest BCUT2D eigenvalue weighted by atomic mass is 9.75. The molecular formula is C38H58N4O2. The minimum absolute atomic E-state index is 0.113. The summed E-state index contributed by atoms with van der Waals surface area (Å²) >= 11 is 0. The number of nitrogens with zero attached hydrogens (tertiary/aromatic N) is 2. The van der Waals surface area contributed by atoms with Gasteiger partial charge in [-0.05, 0) is 125 Å². The molecule has 0 atom stereocenters. The number of carbonyl (C=O) groups excluding carboxylic acids is 2. The Balaban J connectivity index is 1.45. The maximum absolute atomic E-state index is 11.9. The summed E-state index contributed by atoms with van der Waals surface area (Å²) in [4.78, 5) is 28.9. The quantitative estimate of drug-likeness (QED) is 0.179. The first-order valence-electron chi connectivity index (χ1n) is 16.8. The van der Waals surface area contributed by atoms with Gasteiger partial charge in [-0.2, -0.15) is 0 Å². The summed E-state index contributed by atoms with van der Waals surface area (Å²) in [6, 6.07) is 16.5. The summed E-state index contributed by atoms with van der Waals surface area (Å²) in [7, 11) is 0. The van der Waals surface area contributed by atoms with Crippen molar-refractivity contribution in [2.24, 2.45) is 0 Å². The molecule has 0 radical (unpaired) electrons. The van der Waals surface area contributed by atoms with Crippen molar-refractivity contribution in [2.45, 2.75) is 141 Å². The van der Waals surface area contributed by atoms with E-state index in [0.717, 1.165) is 56.3 Å². The van der Waals surface area contributed by atoms with Crippen LogP contribution in [-0.4, -0.2) is 64.8 Å². The van der Waals surface area contributed by atoms with Gasteiger partial charge in [0, 0.05) is 51.9 Å². The highest BCUT2D eigenvalue weighted by atomic mass is 16.1. The highest BCUT2D eigenvalue weighted by Gasteiger charge is 2.45. The number of nitrogens with one attached hydrogen (secondary N) is 2. The largest absolute Gasteiger partial charge is 0.340 e. The fraction of sp³-hybridized carbons (Fsp3) is 0.632. The van der Waals surface area contributed by atoms with Crippen molar-refractivity contribution >= 4 is 23.9 Å². The Kier molecular flexibility index (Phi) is 10.8. The summed E-state index contributed by atoms with van der Waals surface area (Å²) in [6.45, 7) is 20.8. The smallest absolute Gasteiger partial charge is 0.152 e. The average Bonchev–Trinajstić information content (AvgIpc) is 2.91. The molecule has 2 heterocycles. The van der Waals surface area contributed by atoms with Gasteiger partial charge in [0.2, 0.25) is 0 Å². The molecule has 44 heavy (non-hydrogen) atoms. The Bertz CT molecular complexity index is 1150. The second-order valence-corrected chi connectivity index (χ2v) is 16.1. The summed E-state index contributed by atoms with van der Waals surface area (Å²) in [5.74, 6) is 0. The lowest BCUT2D eigenvalue weighted by Gasteiger charge is -2.55. The van der Waals surface area contributed by atoms with E-state index in [2.05, 4.69) is 75.8 Å². The summed E-state index contributed by atoms with van der Waals surface area (Å²) in [6.07, 6.45) is 10.9. The van der Waals surface area contributed by atoms with Gasteiger partial charge >= 0.3 is 0 Å². The molecular weight excluding hydrogens is 544 g/mol. The van der Waals surface area contributed by atoms with Gasteiger partial charge < -0.3 is 15.5 Å². The van der Waals surface area contributed by atoms with E-state index in [1.807, 2.05) is 48.5 Å². The molecule has 6 heteroatoms. The summed E-state index contributed by atoms with van der Waals surface area (Å²) in [5, 5.41) is 7.81. The number of anilines is 2. The molecule has 2 saturated heterocycles. The van der Waals surface area contributed by atoms with E-state index in [0.29, 0.717) is 23.2 Å². The van der Waals surface area contributed by atoms with Crippen LogP contribution in [0, 0.1) is 0 Å². The molecule has 2 aliphatic heterocycles. The number of unbranched alkanes of at least 4 members (excludes halogenated alkanes) is 3. The fourth-order valence-corrected chi connectivity index (χ4v) is 8.62. The minimum Gasteiger partial charge on any atom is -0.340 e. The molecule has 2 fully saturated rings. The highest BCUT2D eigenvalue weighted by Crippen LogP contribution is 2.38. The van der Waals surface area contributed by atoms with Crippen LogP contribution in [0.5, 0.6) is 0 Å². The van der Waals surface area contributed by atoms with E-state index in [1.165, 1.54) is 32.1 Å². The zero-order valence-corrected chi connectivity index (χ0v) is 28.7. The molecule has 2 N–H and O–H groups in total. The number of rotatable bonds is 13. The van der Waals surface area contributed by atoms with Gasteiger partial charge in [-0.3, -0.25) is 14.5 Å². The monoisotopic (exact) mass is 602 g/mol. The predicted molar refractivity (Wildman–Crippen MR) is 184 cm³/mol. The third kappa shape index (κ3) is 9.02. The maximum Gasteiger partial charge on any atom is 0.152 e. The molecule has 2 aromatic rings. The third-order valence-electron chi connectivity index (χ3n) is 9.53. The third-order valence-corrected chi connectivity index (χ3v) is 9.53. The van der Waals surface area contributed by atoms with Crippen LogP contribution < -0.4 is 15.5 Å². The second kappa shape index (κ2) is 13.8.